The molecular weight excluding hydrogens is 244 g/mol. The van der Waals surface area contributed by atoms with Gasteiger partial charge >= 0.3 is 5.97 Å². The minimum Gasteiger partial charge on any atom is -0.480 e. The fourth-order valence-corrected chi connectivity index (χ4v) is 1.66. The highest BCUT2D eigenvalue weighted by Gasteiger charge is 2.14. The lowest BCUT2D eigenvalue weighted by Crippen LogP contribution is -2.16. The lowest BCUT2D eigenvalue weighted by atomic mass is 10.00. The van der Waals surface area contributed by atoms with Crippen molar-refractivity contribution in [2.75, 3.05) is 0 Å². The van der Waals surface area contributed by atoms with Gasteiger partial charge in [-0.15, -0.1) is 0 Å². The molecule has 0 aromatic heterocycles. The summed E-state index contributed by atoms with van der Waals surface area (Å²) in [5.74, 6) is -0.814. The summed E-state index contributed by atoms with van der Waals surface area (Å²) in [6, 6.07) is 5.96. The molecule has 0 radical (unpaired) electrons. The van der Waals surface area contributed by atoms with E-state index in [4.69, 9.17) is 5.11 Å². The molecule has 0 heterocycles. The van der Waals surface area contributed by atoms with Crippen LogP contribution < -0.4 is 0 Å². The first-order chi connectivity index (χ1) is 6.52. The summed E-state index contributed by atoms with van der Waals surface area (Å²) in [5.41, 5.74) is 3.47. The van der Waals surface area contributed by atoms with Crippen molar-refractivity contribution in [1.82, 2.24) is 0 Å². The normalized spacial score (nSPS) is 12.5. The number of halogens is 1. The van der Waals surface area contributed by atoms with Crippen LogP contribution in [0.25, 0.3) is 0 Å². The molecular formula is C11H13BrO2. The quantitative estimate of drug-likeness (QED) is 0.845. The van der Waals surface area contributed by atoms with Crippen LogP contribution in [0.4, 0.5) is 0 Å². The Labute approximate surface area is 92.1 Å². The first-order valence-electron chi connectivity index (χ1n) is 4.44. The van der Waals surface area contributed by atoms with Gasteiger partial charge in [0.05, 0.1) is 0 Å². The van der Waals surface area contributed by atoms with Crippen LogP contribution in [0.1, 0.15) is 16.7 Å². The molecule has 1 aromatic carbocycles. The predicted molar refractivity (Wildman–Crippen MR) is 60.0 cm³/mol. The molecule has 0 aliphatic carbocycles. The Morgan fingerprint density at radius 1 is 1.50 bits per heavy atom. The monoisotopic (exact) mass is 256 g/mol. The number of carbonyl (C=O) groups is 1. The maximum absolute atomic E-state index is 10.7. The molecule has 3 heteroatoms. The van der Waals surface area contributed by atoms with Crippen LogP contribution in [0.15, 0.2) is 18.2 Å². The SMILES string of the molecule is Cc1cccc(C[C@H](Br)C(=O)O)c1C. The van der Waals surface area contributed by atoms with Gasteiger partial charge in [0, 0.05) is 0 Å². The molecule has 2 nitrogen and oxygen atoms in total. The minimum absolute atomic E-state index is 0.497. The second-order valence-electron chi connectivity index (χ2n) is 3.37. The molecule has 0 amide bonds. The average molecular weight is 257 g/mol. The summed E-state index contributed by atoms with van der Waals surface area (Å²) in [6.45, 7) is 4.05. The van der Waals surface area contributed by atoms with E-state index in [9.17, 15) is 4.79 Å². The van der Waals surface area contributed by atoms with Gasteiger partial charge in [-0.25, -0.2) is 0 Å². The van der Waals surface area contributed by atoms with Crippen LogP contribution in [0.5, 0.6) is 0 Å². The molecule has 0 bridgehead atoms. The Kier molecular flexibility index (Phi) is 3.69. The number of benzene rings is 1. The van der Waals surface area contributed by atoms with Crippen molar-refractivity contribution >= 4 is 21.9 Å². The summed E-state index contributed by atoms with van der Waals surface area (Å²) in [5, 5.41) is 8.76. The standard InChI is InChI=1S/C11H13BrO2/c1-7-4-3-5-9(8(7)2)6-10(12)11(13)14/h3-5,10H,6H2,1-2H3,(H,13,14)/t10-/m0/s1. The molecule has 14 heavy (non-hydrogen) atoms. The number of carboxylic acids is 1. The molecule has 0 unspecified atom stereocenters. The van der Waals surface area contributed by atoms with Gasteiger partial charge in [0.2, 0.25) is 0 Å². The van der Waals surface area contributed by atoms with Crippen molar-refractivity contribution in [3.8, 4) is 0 Å². The molecule has 0 spiro atoms. The van der Waals surface area contributed by atoms with Crippen molar-refractivity contribution in [3.05, 3.63) is 34.9 Å². The fraction of sp³-hybridized carbons (Fsp3) is 0.364. The second kappa shape index (κ2) is 4.60. The van der Waals surface area contributed by atoms with E-state index >= 15 is 0 Å². The van der Waals surface area contributed by atoms with Gasteiger partial charge in [0.15, 0.2) is 0 Å². The van der Waals surface area contributed by atoms with Crippen LogP contribution in [0, 0.1) is 13.8 Å². The van der Waals surface area contributed by atoms with Crippen molar-refractivity contribution in [1.29, 1.82) is 0 Å². The Morgan fingerprint density at radius 3 is 2.71 bits per heavy atom. The number of aryl methyl sites for hydroxylation is 1. The lowest BCUT2D eigenvalue weighted by Gasteiger charge is -2.09. The molecule has 0 saturated heterocycles. The summed E-state index contributed by atoms with van der Waals surface area (Å²) in [4.78, 5) is 10.2. The highest BCUT2D eigenvalue weighted by molar-refractivity contribution is 9.10. The third-order valence-corrected chi connectivity index (χ3v) is 3.10. The smallest absolute Gasteiger partial charge is 0.317 e. The second-order valence-corrected chi connectivity index (χ2v) is 4.47. The molecule has 0 saturated carbocycles. The maximum Gasteiger partial charge on any atom is 0.317 e. The highest BCUT2D eigenvalue weighted by atomic mass is 79.9. The third kappa shape index (κ3) is 2.58. The predicted octanol–water partition coefficient (Wildman–Crippen LogP) is 2.69. The summed E-state index contributed by atoms with van der Waals surface area (Å²) in [6.07, 6.45) is 0.531. The number of carboxylic acid groups (broad SMARTS) is 1. The number of hydrogen-bond donors (Lipinski definition) is 1. The van der Waals surface area contributed by atoms with E-state index in [-0.39, 0.29) is 0 Å². The fourth-order valence-electron chi connectivity index (χ4n) is 1.31. The first-order valence-corrected chi connectivity index (χ1v) is 5.36. The van der Waals surface area contributed by atoms with Gasteiger partial charge in [0.25, 0.3) is 0 Å². The Hall–Kier alpha value is -0.830. The van der Waals surface area contributed by atoms with Gasteiger partial charge in [-0.1, -0.05) is 34.1 Å². The number of aliphatic carboxylic acids is 1. The van der Waals surface area contributed by atoms with E-state index < -0.39 is 10.8 Å². The van der Waals surface area contributed by atoms with Crippen LogP contribution in [-0.2, 0) is 11.2 Å². The van der Waals surface area contributed by atoms with E-state index in [1.807, 2.05) is 32.0 Å². The number of rotatable bonds is 3. The Balaban J connectivity index is 2.87. The Morgan fingerprint density at radius 2 is 2.14 bits per heavy atom. The van der Waals surface area contributed by atoms with Crippen LogP contribution in [0.3, 0.4) is 0 Å². The summed E-state index contributed by atoms with van der Waals surface area (Å²) in [7, 11) is 0. The largest absolute Gasteiger partial charge is 0.480 e. The maximum atomic E-state index is 10.7. The molecule has 1 rings (SSSR count). The zero-order valence-electron chi connectivity index (χ0n) is 8.25. The number of alkyl halides is 1. The Bertz CT molecular complexity index is 347. The van der Waals surface area contributed by atoms with Crippen LogP contribution in [-0.4, -0.2) is 15.9 Å². The van der Waals surface area contributed by atoms with E-state index in [1.54, 1.807) is 0 Å². The van der Waals surface area contributed by atoms with E-state index in [1.165, 1.54) is 11.1 Å². The highest BCUT2D eigenvalue weighted by Crippen LogP contribution is 2.17. The molecule has 1 N–H and O–H groups in total. The zero-order chi connectivity index (χ0) is 10.7. The van der Waals surface area contributed by atoms with E-state index in [0.29, 0.717) is 6.42 Å². The topological polar surface area (TPSA) is 37.3 Å². The van der Waals surface area contributed by atoms with Crippen molar-refractivity contribution in [2.24, 2.45) is 0 Å². The molecule has 1 atom stereocenters. The zero-order valence-corrected chi connectivity index (χ0v) is 9.84. The van der Waals surface area contributed by atoms with Crippen molar-refractivity contribution in [3.63, 3.8) is 0 Å². The van der Waals surface area contributed by atoms with Crippen molar-refractivity contribution in [2.45, 2.75) is 25.1 Å². The molecule has 76 valence electrons. The molecule has 1 aromatic rings. The van der Waals surface area contributed by atoms with Gasteiger partial charge in [-0.05, 0) is 37.0 Å². The van der Waals surface area contributed by atoms with Gasteiger partial charge < -0.3 is 5.11 Å². The summed E-state index contributed by atoms with van der Waals surface area (Å²) < 4.78 is 0. The third-order valence-electron chi connectivity index (χ3n) is 2.38. The van der Waals surface area contributed by atoms with Crippen LogP contribution >= 0.6 is 15.9 Å². The average Bonchev–Trinajstić information content (AvgIpc) is 2.12. The summed E-state index contributed by atoms with van der Waals surface area (Å²) >= 11 is 3.14. The van der Waals surface area contributed by atoms with Gasteiger partial charge in [-0.3, -0.25) is 4.79 Å². The van der Waals surface area contributed by atoms with E-state index in [0.717, 1.165) is 5.56 Å². The molecule has 0 aliphatic rings. The van der Waals surface area contributed by atoms with Gasteiger partial charge in [0.1, 0.15) is 4.83 Å². The van der Waals surface area contributed by atoms with Crippen LogP contribution in [0.2, 0.25) is 0 Å². The van der Waals surface area contributed by atoms with Crippen molar-refractivity contribution < 1.29 is 9.90 Å². The van der Waals surface area contributed by atoms with E-state index in [2.05, 4.69) is 15.9 Å². The first kappa shape index (κ1) is 11.2. The molecule has 0 aliphatic heterocycles. The minimum atomic E-state index is -0.814. The lowest BCUT2D eigenvalue weighted by molar-refractivity contribution is -0.136. The van der Waals surface area contributed by atoms with Gasteiger partial charge in [-0.2, -0.15) is 0 Å². The number of hydrogen-bond acceptors (Lipinski definition) is 1. The molecule has 0 fully saturated rings.